The summed E-state index contributed by atoms with van der Waals surface area (Å²) in [4.78, 5) is 14.4. The molecule has 0 fully saturated rings. The maximum Gasteiger partial charge on any atom is 0.356 e. The maximum absolute atomic E-state index is 11.5. The first kappa shape index (κ1) is 13.4. The standard InChI is InChI=1S/C9H13N3O4S/c1-2-5-11-17(15,16)12-7-4-3-6-10-8(7)9(13)14/h3-4,6,11-12H,2,5H2,1H3,(H,13,14). The van der Waals surface area contributed by atoms with Crippen LogP contribution in [0.15, 0.2) is 18.3 Å². The summed E-state index contributed by atoms with van der Waals surface area (Å²) in [5.74, 6) is -1.29. The fourth-order valence-electron chi connectivity index (χ4n) is 1.08. The average Bonchev–Trinajstić information content (AvgIpc) is 2.26. The number of nitrogens with one attached hydrogen (secondary N) is 2. The number of anilines is 1. The molecule has 0 aliphatic carbocycles. The van der Waals surface area contributed by atoms with Gasteiger partial charge >= 0.3 is 5.97 Å². The molecule has 0 aromatic carbocycles. The molecule has 1 aromatic rings. The maximum atomic E-state index is 11.5. The topological polar surface area (TPSA) is 108 Å². The molecular weight excluding hydrogens is 246 g/mol. The number of aromatic nitrogens is 1. The summed E-state index contributed by atoms with van der Waals surface area (Å²) in [7, 11) is -3.76. The van der Waals surface area contributed by atoms with E-state index in [-0.39, 0.29) is 17.9 Å². The second-order valence-corrected chi connectivity index (χ2v) is 4.70. The van der Waals surface area contributed by atoms with Crippen LogP contribution in [0.25, 0.3) is 0 Å². The Kier molecular flexibility index (Phi) is 4.41. The number of hydrogen-bond donors (Lipinski definition) is 3. The van der Waals surface area contributed by atoms with Crippen LogP contribution in [0.3, 0.4) is 0 Å². The van der Waals surface area contributed by atoms with E-state index in [0.29, 0.717) is 6.42 Å². The van der Waals surface area contributed by atoms with E-state index in [9.17, 15) is 13.2 Å². The zero-order chi connectivity index (χ0) is 12.9. The Morgan fingerprint density at radius 2 is 2.24 bits per heavy atom. The van der Waals surface area contributed by atoms with Gasteiger partial charge in [-0.05, 0) is 18.6 Å². The van der Waals surface area contributed by atoms with E-state index in [0.717, 1.165) is 0 Å². The number of nitrogens with zero attached hydrogens (tertiary/aromatic N) is 1. The minimum absolute atomic E-state index is 0.0661. The molecule has 0 saturated heterocycles. The lowest BCUT2D eigenvalue weighted by atomic mass is 10.3. The minimum atomic E-state index is -3.76. The van der Waals surface area contributed by atoms with E-state index < -0.39 is 16.2 Å². The van der Waals surface area contributed by atoms with Crippen LogP contribution in [0.4, 0.5) is 5.69 Å². The first-order valence-corrected chi connectivity index (χ1v) is 6.40. The molecule has 0 spiro atoms. The number of hydrogen-bond acceptors (Lipinski definition) is 4. The predicted molar refractivity (Wildman–Crippen MR) is 62.0 cm³/mol. The Balaban J connectivity index is 2.92. The minimum Gasteiger partial charge on any atom is -0.476 e. The fraction of sp³-hybridized carbons (Fsp3) is 0.333. The van der Waals surface area contributed by atoms with Gasteiger partial charge in [0.05, 0.1) is 5.69 Å². The van der Waals surface area contributed by atoms with Gasteiger partial charge in [0.2, 0.25) is 0 Å². The van der Waals surface area contributed by atoms with Crippen molar-refractivity contribution in [3.8, 4) is 0 Å². The Morgan fingerprint density at radius 1 is 1.53 bits per heavy atom. The number of aromatic carboxylic acids is 1. The largest absolute Gasteiger partial charge is 0.476 e. The van der Waals surface area contributed by atoms with Crippen molar-refractivity contribution in [2.24, 2.45) is 0 Å². The van der Waals surface area contributed by atoms with Crippen LogP contribution >= 0.6 is 0 Å². The molecule has 0 atom stereocenters. The summed E-state index contributed by atoms with van der Waals surface area (Å²) < 4.78 is 27.4. The second-order valence-electron chi connectivity index (χ2n) is 3.20. The van der Waals surface area contributed by atoms with Gasteiger partial charge in [-0.1, -0.05) is 6.92 Å². The molecule has 1 heterocycles. The Bertz CT molecular complexity index is 501. The molecule has 0 unspecified atom stereocenters. The highest BCUT2D eigenvalue weighted by molar-refractivity contribution is 7.90. The lowest BCUT2D eigenvalue weighted by Crippen LogP contribution is -2.31. The first-order valence-electron chi connectivity index (χ1n) is 4.92. The molecule has 1 rings (SSSR count). The summed E-state index contributed by atoms with van der Waals surface area (Å²) in [5, 5.41) is 8.82. The van der Waals surface area contributed by atoms with Crippen molar-refractivity contribution in [2.75, 3.05) is 11.3 Å². The number of carboxylic acid groups (broad SMARTS) is 1. The first-order chi connectivity index (χ1) is 7.96. The third kappa shape index (κ3) is 4.00. The zero-order valence-electron chi connectivity index (χ0n) is 9.17. The highest BCUT2D eigenvalue weighted by Crippen LogP contribution is 2.13. The van der Waals surface area contributed by atoms with Gasteiger partial charge in [0.1, 0.15) is 0 Å². The van der Waals surface area contributed by atoms with Gasteiger partial charge in [0, 0.05) is 12.7 Å². The molecule has 7 nitrogen and oxygen atoms in total. The van der Waals surface area contributed by atoms with Crippen molar-refractivity contribution in [3.05, 3.63) is 24.0 Å². The molecule has 1 aromatic heterocycles. The van der Waals surface area contributed by atoms with Crippen molar-refractivity contribution in [2.45, 2.75) is 13.3 Å². The Morgan fingerprint density at radius 3 is 2.82 bits per heavy atom. The van der Waals surface area contributed by atoms with Crippen molar-refractivity contribution >= 4 is 21.9 Å². The quantitative estimate of drug-likeness (QED) is 0.686. The van der Waals surface area contributed by atoms with Crippen molar-refractivity contribution in [1.29, 1.82) is 0 Å². The lowest BCUT2D eigenvalue weighted by molar-refractivity contribution is 0.0692. The van der Waals surface area contributed by atoms with Crippen LogP contribution < -0.4 is 9.44 Å². The van der Waals surface area contributed by atoms with Crippen molar-refractivity contribution in [1.82, 2.24) is 9.71 Å². The van der Waals surface area contributed by atoms with Crippen LogP contribution in [-0.4, -0.2) is 31.0 Å². The summed E-state index contributed by atoms with van der Waals surface area (Å²) >= 11 is 0. The molecule has 3 N–H and O–H groups in total. The molecule has 0 aliphatic heterocycles. The second kappa shape index (κ2) is 5.60. The molecule has 0 amide bonds. The van der Waals surface area contributed by atoms with Crippen LogP contribution in [-0.2, 0) is 10.2 Å². The van der Waals surface area contributed by atoms with Gasteiger partial charge in [-0.15, -0.1) is 0 Å². The molecule has 0 bridgehead atoms. The van der Waals surface area contributed by atoms with E-state index in [1.54, 1.807) is 0 Å². The molecule has 94 valence electrons. The van der Waals surface area contributed by atoms with Crippen LogP contribution in [0, 0.1) is 0 Å². The SMILES string of the molecule is CCCNS(=O)(=O)Nc1cccnc1C(=O)O. The van der Waals surface area contributed by atoms with E-state index in [2.05, 4.69) is 14.4 Å². The lowest BCUT2D eigenvalue weighted by Gasteiger charge is -2.09. The summed E-state index contributed by atoms with van der Waals surface area (Å²) in [6, 6.07) is 2.78. The Hall–Kier alpha value is -1.67. The highest BCUT2D eigenvalue weighted by Gasteiger charge is 2.16. The molecule has 0 saturated carbocycles. The number of rotatable bonds is 6. The van der Waals surface area contributed by atoms with Crippen LogP contribution in [0.1, 0.15) is 23.8 Å². The van der Waals surface area contributed by atoms with Crippen LogP contribution in [0.5, 0.6) is 0 Å². The normalized spacial score (nSPS) is 11.1. The van der Waals surface area contributed by atoms with Crippen molar-refractivity contribution < 1.29 is 18.3 Å². The molecule has 8 heteroatoms. The third-order valence-corrected chi connectivity index (χ3v) is 2.87. The van der Waals surface area contributed by atoms with Crippen molar-refractivity contribution in [3.63, 3.8) is 0 Å². The van der Waals surface area contributed by atoms with Gasteiger partial charge in [0.25, 0.3) is 10.2 Å². The van der Waals surface area contributed by atoms with E-state index >= 15 is 0 Å². The summed E-state index contributed by atoms with van der Waals surface area (Å²) in [5.41, 5.74) is -0.405. The smallest absolute Gasteiger partial charge is 0.356 e. The molecule has 0 aliphatic rings. The monoisotopic (exact) mass is 259 g/mol. The summed E-state index contributed by atoms with van der Waals surface area (Å²) in [6.07, 6.45) is 1.92. The summed E-state index contributed by atoms with van der Waals surface area (Å²) in [6.45, 7) is 2.09. The van der Waals surface area contributed by atoms with Gasteiger partial charge in [-0.2, -0.15) is 13.1 Å². The Labute approximate surface area is 99.1 Å². The van der Waals surface area contributed by atoms with Gasteiger partial charge in [0.15, 0.2) is 5.69 Å². The third-order valence-electron chi connectivity index (χ3n) is 1.80. The van der Waals surface area contributed by atoms with Crippen LogP contribution in [0.2, 0.25) is 0 Å². The number of pyridine rings is 1. The zero-order valence-corrected chi connectivity index (χ0v) is 9.99. The fourth-order valence-corrected chi connectivity index (χ4v) is 2.07. The number of carboxylic acids is 1. The predicted octanol–water partition coefficient (Wildman–Crippen LogP) is 0.436. The molecular formula is C9H13N3O4S. The molecule has 17 heavy (non-hydrogen) atoms. The van der Waals surface area contributed by atoms with Gasteiger partial charge in [-0.3, -0.25) is 4.72 Å². The van der Waals surface area contributed by atoms with E-state index in [1.807, 2.05) is 6.92 Å². The molecule has 0 radical (unpaired) electrons. The van der Waals surface area contributed by atoms with E-state index in [1.165, 1.54) is 18.3 Å². The number of carbonyl (C=O) groups is 1. The highest BCUT2D eigenvalue weighted by atomic mass is 32.2. The average molecular weight is 259 g/mol. The van der Waals surface area contributed by atoms with Gasteiger partial charge < -0.3 is 5.11 Å². The van der Waals surface area contributed by atoms with Gasteiger partial charge in [-0.25, -0.2) is 9.78 Å². The van der Waals surface area contributed by atoms with E-state index in [4.69, 9.17) is 5.11 Å².